The fourth-order valence-corrected chi connectivity index (χ4v) is 4.49. The molecule has 0 bridgehead atoms. The average molecular weight is 489 g/mol. The normalized spacial score (nSPS) is 14.6. The summed E-state index contributed by atoms with van der Waals surface area (Å²) in [5, 5.41) is 19.0. The van der Waals surface area contributed by atoms with E-state index < -0.39 is 22.5 Å². The van der Waals surface area contributed by atoms with Crippen molar-refractivity contribution in [1.29, 1.82) is 0 Å². The van der Waals surface area contributed by atoms with E-state index in [0.717, 1.165) is 6.42 Å². The Morgan fingerprint density at radius 2 is 1.94 bits per heavy atom. The molecule has 1 aliphatic rings. The van der Waals surface area contributed by atoms with Crippen molar-refractivity contribution in [3.63, 3.8) is 0 Å². The van der Waals surface area contributed by atoms with E-state index in [-0.39, 0.29) is 16.4 Å². The van der Waals surface area contributed by atoms with Crippen molar-refractivity contribution in [3.8, 4) is 11.5 Å². The van der Waals surface area contributed by atoms with Gasteiger partial charge in [-0.15, -0.1) is 13.2 Å². The monoisotopic (exact) mass is 488 g/mol. The number of nitrogens with one attached hydrogen (secondary N) is 1. The van der Waals surface area contributed by atoms with Crippen LogP contribution in [0.1, 0.15) is 42.1 Å². The second-order valence-corrected chi connectivity index (χ2v) is 9.35. The van der Waals surface area contributed by atoms with Gasteiger partial charge in [0.25, 0.3) is 0 Å². The van der Waals surface area contributed by atoms with Gasteiger partial charge < -0.3 is 19.9 Å². The number of primary sulfonamides is 1. The van der Waals surface area contributed by atoms with Gasteiger partial charge in [-0.1, -0.05) is 18.2 Å². The third kappa shape index (κ3) is 7.32. The number of alkyl halides is 3. The summed E-state index contributed by atoms with van der Waals surface area (Å²) in [5.41, 5.74) is 1.66. The molecule has 0 spiro atoms. The van der Waals surface area contributed by atoms with Crippen LogP contribution < -0.4 is 19.9 Å². The number of hydrogen-bond donors (Lipinski definition) is 3. The molecule has 0 fully saturated rings. The minimum Gasteiger partial charge on any atom is -0.492 e. The molecule has 1 heterocycles. The Bertz CT molecular complexity index is 1060. The quantitative estimate of drug-likeness (QED) is 0.419. The maximum atomic E-state index is 12.5. The zero-order valence-corrected chi connectivity index (χ0v) is 18.7. The molecule has 2 aromatic rings. The molecule has 7 nitrogen and oxygen atoms in total. The molecule has 4 N–H and O–H groups in total. The van der Waals surface area contributed by atoms with E-state index >= 15 is 0 Å². The van der Waals surface area contributed by atoms with Crippen molar-refractivity contribution in [3.05, 3.63) is 53.1 Å². The Labute approximate surface area is 190 Å². The molecular formula is C22H27F3N2O5S. The van der Waals surface area contributed by atoms with Gasteiger partial charge in [0, 0.05) is 6.42 Å². The number of benzene rings is 2. The van der Waals surface area contributed by atoms with Gasteiger partial charge >= 0.3 is 6.36 Å². The summed E-state index contributed by atoms with van der Waals surface area (Å²) in [5.74, 6) is 0.0633. The van der Waals surface area contributed by atoms with Crippen LogP contribution in [-0.2, 0) is 22.9 Å². The second-order valence-electron chi connectivity index (χ2n) is 7.82. The standard InChI is InChI=1S/C22H27F3N2O5S/c23-22(24,25)32-19-7-2-1-5-15(19)8-11-27-10-4-3-6-18(28)17-13-16-9-12-31-21(16)20(14-17)33(26,29)30/h1-2,5,7,13-14,18,27-28H,3-4,6,8-12H2,(H2,26,29,30). The molecule has 0 aromatic heterocycles. The Kier molecular flexibility index (Phi) is 8.22. The van der Waals surface area contributed by atoms with E-state index in [2.05, 4.69) is 10.1 Å². The van der Waals surface area contributed by atoms with E-state index in [0.29, 0.717) is 62.1 Å². The minimum absolute atomic E-state index is 0.108. The summed E-state index contributed by atoms with van der Waals surface area (Å²) in [4.78, 5) is -0.108. The highest BCUT2D eigenvalue weighted by Gasteiger charge is 2.32. The van der Waals surface area contributed by atoms with Crippen LogP contribution in [0, 0.1) is 0 Å². The Hall–Kier alpha value is -2.34. The molecule has 0 radical (unpaired) electrons. The highest BCUT2D eigenvalue weighted by molar-refractivity contribution is 7.89. The van der Waals surface area contributed by atoms with Crippen LogP contribution in [0.15, 0.2) is 41.3 Å². The second kappa shape index (κ2) is 10.7. The van der Waals surface area contributed by atoms with Crippen molar-refractivity contribution in [2.24, 2.45) is 5.14 Å². The summed E-state index contributed by atoms with van der Waals surface area (Å²) < 4.78 is 70.6. The lowest BCUT2D eigenvalue weighted by molar-refractivity contribution is -0.274. The van der Waals surface area contributed by atoms with Crippen molar-refractivity contribution in [2.75, 3.05) is 19.7 Å². The molecule has 0 saturated carbocycles. The first kappa shape index (κ1) is 25.3. The Morgan fingerprint density at radius 3 is 2.67 bits per heavy atom. The van der Waals surface area contributed by atoms with Gasteiger partial charge in [-0.3, -0.25) is 0 Å². The van der Waals surface area contributed by atoms with Crippen molar-refractivity contribution in [2.45, 2.75) is 49.5 Å². The number of aliphatic hydroxyl groups is 1. The lowest BCUT2D eigenvalue weighted by Crippen LogP contribution is -2.21. The van der Waals surface area contributed by atoms with Gasteiger partial charge in [0.15, 0.2) is 0 Å². The van der Waals surface area contributed by atoms with E-state index in [1.165, 1.54) is 18.2 Å². The molecule has 0 aliphatic carbocycles. The van der Waals surface area contributed by atoms with Crippen molar-refractivity contribution < 1.29 is 36.2 Å². The van der Waals surface area contributed by atoms with E-state index in [1.54, 1.807) is 18.2 Å². The van der Waals surface area contributed by atoms with Crippen LogP contribution in [0.5, 0.6) is 11.5 Å². The molecule has 1 unspecified atom stereocenters. The van der Waals surface area contributed by atoms with E-state index in [9.17, 15) is 26.7 Å². The number of nitrogens with two attached hydrogens (primary N) is 1. The summed E-state index contributed by atoms with van der Waals surface area (Å²) in [6.45, 7) is 1.47. The summed E-state index contributed by atoms with van der Waals surface area (Å²) in [7, 11) is -3.97. The fraction of sp³-hybridized carbons (Fsp3) is 0.455. The number of fused-ring (bicyclic) bond motifs is 1. The topological polar surface area (TPSA) is 111 Å². The number of rotatable bonds is 11. The zero-order chi connectivity index (χ0) is 24.1. The lowest BCUT2D eigenvalue weighted by atomic mass is 10.0. The molecule has 0 amide bonds. The predicted molar refractivity (Wildman–Crippen MR) is 116 cm³/mol. The third-order valence-electron chi connectivity index (χ3n) is 5.31. The van der Waals surface area contributed by atoms with Gasteiger partial charge in [0.2, 0.25) is 10.0 Å². The summed E-state index contributed by atoms with van der Waals surface area (Å²) in [6, 6.07) is 9.14. The van der Waals surface area contributed by atoms with Gasteiger partial charge in [-0.25, -0.2) is 13.6 Å². The third-order valence-corrected chi connectivity index (χ3v) is 6.23. The first-order chi connectivity index (χ1) is 15.5. The Balaban J connectivity index is 1.43. The molecule has 1 aliphatic heterocycles. The molecule has 0 saturated heterocycles. The zero-order valence-electron chi connectivity index (χ0n) is 17.9. The van der Waals surface area contributed by atoms with Crippen LogP contribution in [0.25, 0.3) is 0 Å². The number of unbranched alkanes of at least 4 members (excludes halogenated alkanes) is 1. The lowest BCUT2D eigenvalue weighted by Gasteiger charge is -2.15. The van der Waals surface area contributed by atoms with Crippen molar-refractivity contribution in [1.82, 2.24) is 5.32 Å². The molecule has 182 valence electrons. The highest BCUT2D eigenvalue weighted by Crippen LogP contribution is 2.36. The van der Waals surface area contributed by atoms with Gasteiger partial charge in [0.1, 0.15) is 16.4 Å². The first-order valence-electron chi connectivity index (χ1n) is 10.6. The molecule has 2 aromatic carbocycles. The molecule has 33 heavy (non-hydrogen) atoms. The van der Waals surface area contributed by atoms with Crippen LogP contribution in [0.2, 0.25) is 0 Å². The number of para-hydroxylation sites is 1. The van der Waals surface area contributed by atoms with Crippen LogP contribution in [0.3, 0.4) is 0 Å². The highest BCUT2D eigenvalue weighted by atomic mass is 32.2. The average Bonchev–Trinajstić information content (AvgIpc) is 3.20. The fourth-order valence-electron chi connectivity index (χ4n) is 3.74. The Morgan fingerprint density at radius 1 is 1.18 bits per heavy atom. The maximum absolute atomic E-state index is 12.5. The number of sulfonamides is 1. The van der Waals surface area contributed by atoms with Gasteiger partial charge in [-0.2, -0.15) is 0 Å². The molecule has 1 atom stereocenters. The molecule has 3 rings (SSSR count). The van der Waals surface area contributed by atoms with E-state index in [4.69, 9.17) is 9.88 Å². The number of hydrogen-bond acceptors (Lipinski definition) is 6. The van der Waals surface area contributed by atoms with E-state index in [1.807, 2.05) is 0 Å². The van der Waals surface area contributed by atoms with Crippen molar-refractivity contribution >= 4 is 10.0 Å². The molecule has 11 heteroatoms. The summed E-state index contributed by atoms with van der Waals surface area (Å²) in [6.07, 6.45) is -2.82. The number of halogens is 3. The van der Waals surface area contributed by atoms with Gasteiger partial charge in [-0.05, 0) is 73.7 Å². The number of ether oxygens (including phenoxy) is 2. The SMILES string of the molecule is NS(=O)(=O)c1cc(C(O)CCCCNCCc2ccccc2OC(F)(F)F)cc2c1OCC2. The van der Waals surface area contributed by atoms with Crippen LogP contribution in [0.4, 0.5) is 13.2 Å². The predicted octanol–water partition coefficient (Wildman–Crippen LogP) is 3.20. The summed E-state index contributed by atoms with van der Waals surface area (Å²) >= 11 is 0. The smallest absolute Gasteiger partial charge is 0.492 e. The van der Waals surface area contributed by atoms with Crippen LogP contribution in [-0.4, -0.2) is 39.6 Å². The maximum Gasteiger partial charge on any atom is 0.573 e. The molecular weight excluding hydrogens is 461 g/mol. The van der Waals surface area contributed by atoms with Gasteiger partial charge in [0.05, 0.1) is 12.7 Å². The number of aliphatic hydroxyl groups excluding tert-OH is 1. The first-order valence-corrected chi connectivity index (χ1v) is 12.1. The minimum atomic E-state index is -4.73. The van der Waals surface area contributed by atoms with Crippen LogP contribution >= 0.6 is 0 Å². The largest absolute Gasteiger partial charge is 0.573 e.